The lowest BCUT2D eigenvalue weighted by molar-refractivity contribution is 0.109. The van der Waals surface area contributed by atoms with Gasteiger partial charge in [-0.05, 0) is 32.1 Å². The van der Waals surface area contributed by atoms with E-state index in [1.807, 2.05) is 24.6 Å². The zero-order chi connectivity index (χ0) is 18.9. The molecule has 0 saturated heterocycles. The molecule has 4 nitrogen and oxygen atoms in total. The average Bonchev–Trinajstić information content (AvgIpc) is 2.54. The molecule has 0 fully saturated rings. The van der Waals surface area contributed by atoms with Crippen LogP contribution in [0.1, 0.15) is 60.3 Å². The Morgan fingerprint density at radius 1 is 1.08 bits per heavy atom. The first-order chi connectivity index (χ1) is 11.9. The van der Waals surface area contributed by atoms with Crippen LogP contribution < -0.4 is 5.32 Å². The van der Waals surface area contributed by atoms with E-state index in [9.17, 15) is 4.79 Å². The molecule has 6 heteroatoms. The highest BCUT2D eigenvalue weighted by Gasteiger charge is 2.04. The zero-order valence-corrected chi connectivity index (χ0v) is 18.1. The number of ether oxygens (including phenoxy) is 2. The van der Waals surface area contributed by atoms with Crippen molar-refractivity contribution in [3.05, 3.63) is 0 Å². The van der Waals surface area contributed by atoms with E-state index >= 15 is 0 Å². The monoisotopic (exact) mass is 389 g/mol. The summed E-state index contributed by atoms with van der Waals surface area (Å²) in [5.74, 6) is 8.15. The fraction of sp³-hybridized carbons (Fsp3) is 0.842. The Hall–Kier alpha value is -0.510. The van der Waals surface area contributed by atoms with Crippen molar-refractivity contribution in [2.75, 3.05) is 25.5 Å². The number of alkyl carbamates (subject to hydrolysis) is 1. The third-order valence-corrected chi connectivity index (χ3v) is 5.77. The molecule has 0 bridgehead atoms. The maximum absolute atomic E-state index is 11.4. The van der Waals surface area contributed by atoms with Crippen LogP contribution in [0.15, 0.2) is 0 Å². The highest BCUT2D eigenvalue weighted by atomic mass is 33.1. The molecule has 0 aromatic rings. The van der Waals surface area contributed by atoms with E-state index in [0.717, 1.165) is 18.8 Å². The molecular weight excluding hydrogens is 354 g/mol. The number of hydrogen-bond donors (Lipinski definition) is 1. The van der Waals surface area contributed by atoms with Gasteiger partial charge in [0.05, 0.1) is 13.2 Å². The van der Waals surface area contributed by atoms with Crippen molar-refractivity contribution >= 4 is 27.7 Å². The molecule has 0 unspecified atom stereocenters. The summed E-state index contributed by atoms with van der Waals surface area (Å²) in [5.41, 5.74) is 0.202. The van der Waals surface area contributed by atoms with E-state index < -0.39 is 6.09 Å². The van der Waals surface area contributed by atoms with Crippen LogP contribution in [-0.2, 0) is 9.47 Å². The van der Waals surface area contributed by atoms with Gasteiger partial charge in [0.15, 0.2) is 0 Å². The molecule has 0 aromatic carbocycles. The van der Waals surface area contributed by atoms with Gasteiger partial charge in [-0.3, -0.25) is 0 Å². The minimum Gasteiger partial charge on any atom is -0.450 e. The Morgan fingerprint density at radius 2 is 1.80 bits per heavy atom. The number of hydrogen-bond acceptors (Lipinski definition) is 5. The fourth-order valence-corrected chi connectivity index (χ4v) is 3.87. The number of amides is 1. The third-order valence-electron chi connectivity index (χ3n) is 3.05. The van der Waals surface area contributed by atoms with Gasteiger partial charge in [0, 0.05) is 18.3 Å². The third kappa shape index (κ3) is 19.7. The van der Waals surface area contributed by atoms with Crippen LogP contribution in [0.4, 0.5) is 4.79 Å². The second-order valence-electron chi connectivity index (χ2n) is 6.57. The maximum atomic E-state index is 11.4. The molecule has 0 saturated carbocycles. The molecule has 1 amide bonds. The normalized spacial score (nSPS) is 12.0. The molecule has 25 heavy (non-hydrogen) atoms. The SMILES string of the molecule is CC(C)C#CCNC(=O)OCCCCO[C@@H](C)SSCCCC(C)C. The highest BCUT2D eigenvalue weighted by Crippen LogP contribution is 2.28. The van der Waals surface area contributed by atoms with Crippen LogP contribution in [0, 0.1) is 23.7 Å². The van der Waals surface area contributed by atoms with Gasteiger partial charge in [0.25, 0.3) is 0 Å². The van der Waals surface area contributed by atoms with Gasteiger partial charge < -0.3 is 14.8 Å². The summed E-state index contributed by atoms with van der Waals surface area (Å²) in [6, 6.07) is 0. The summed E-state index contributed by atoms with van der Waals surface area (Å²) in [7, 11) is 3.69. The second kappa shape index (κ2) is 16.9. The highest BCUT2D eigenvalue weighted by molar-refractivity contribution is 8.76. The molecule has 146 valence electrons. The maximum Gasteiger partial charge on any atom is 0.407 e. The lowest BCUT2D eigenvalue weighted by atomic mass is 10.1. The summed E-state index contributed by atoms with van der Waals surface area (Å²) >= 11 is 0. The van der Waals surface area contributed by atoms with Crippen LogP contribution in [0.25, 0.3) is 0 Å². The topological polar surface area (TPSA) is 47.6 Å². The molecule has 1 atom stereocenters. The second-order valence-corrected chi connectivity index (χ2v) is 9.35. The minimum absolute atomic E-state index is 0.202. The van der Waals surface area contributed by atoms with Gasteiger partial charge in [0.2, 0.25) is 0 Å². The van der Waals surface area contributed by atoms with Crippen molar-refractivity contribution in [2.24, 2.45) is 11.8 Å². The van der Waals surface area contributed by atoms with Crippen LogP contribution in [0.3, 0.4) is 0 Å². The summed E-state index contributed by atoms with van der Waals surface area (Å²) < 4.78 is 10.8. The molecule has 0 aliphatic carbocycles. The quantitative estimate of drug-likeness (QED) is 0.200. The van der Waals surface area contributed by atoms with Gasteiger partial charge >= 0.3 is 6.09 Å². The Kier molecular flexibility index (Phi) is 16.6. The predicted octanol–water partition coefficient (Wildman–Crippen LogP) is 5.33. The van der Waals surface area contributed by atoms with Gasteiger partial charge in [-0.25, -0.2) is 4.79 Å². The van der Waals surface area contributed by atoms with Crippen molar-refractivity contribution in [1.82, 2.24) is 5.32 Å². The van der Waals surface area contributed by atoms with Crippen LogP contribution >= 0.6 is 21.6 Å². The summed E-state index contributed by atoms with van der Waals surface area (Å²) in [4.78, 5) is 11.4. The molecule has 0 aliphatic rings. The summed E-state index contributed by atoms with van der Waals surface area (Å²) in [5, 5.41) is 2.62. The minimum atomic E-state index is -0.402. The summed E-state index contributed by atoms with van der Waals surface area (Å²) in [6.45, 7) is 12.1. The first-order valence-electron chi connectivity index (χ1n) is 9.20. The molecule has 1 N–H and O–H groups in total. The van der Waals surface area contributed by atoms with Crippen molar-refractivity contribution in [1.29, 1.82) is 0 Å². The van der Waals surface area contributed by atoms with Crippen molar-refractivity contribution in [2.45, 2.75) is 65.7 Å². The zero-order valence-electron chi connectivity index (χ0n) is 16.4. The van der Waals surface area contributed by atoms with E-state index in [1.165, 1.54) is 18.6 Å². The van der Waals surface area contributed by atoms with E-state index in [2.05, 4.69) is 37.9 Å². The van der Waals surface area contributed by atoms with Crippen molar-refractivity contribution < 1.29 is 14.3 Å². The average molecular weight is 390 g/mol. The van der Waals surface area contributed by atoms with E-state index in [0.29, 0.717) is 25.7 Å². The fourth-order valence-electron chi connectivity index (χ4n) is 1.76. The van der Waals surface area contributed by atoms with Gasteiger partial charge in [-0.15, -0.1) is 0 Å². The molecule has 0 spiro atoms. The van der Waals surface area contributed by atoms with Crippen molar-refractivity contribution in [3.8, 4) is 11.8 Å². The molecule has 0 aromatic heterocycles. The Labute approximate surface area is 162 Å². The van der Waals surface area contributed by atoms with Crippen LogP contribution in [0.2, 0.25) is 0 Å². The molecule has 0 aliphatic heterocycles. The van der Waals surface area contributed by atoms with Gasteiger partial charge in [0.1, 0.15) is 5.44 Å². The first kappa shape index (κ1) is 24.5. The largest absolute Gasteiger partial charge is 0.450 e. The van der Waals surface area contributed by atoms with Gasteiger partial charge in [-0.1, -0.05) is 67.5 Å². The van der Waals surface area contributed by atoms with Gasteiger partial charge in [-0.2, -0.15) is 0 Å². The lowest BCUT2D eigenvalue weighted by Crippen LogP contribution is -2.25. The van der Waals surface area contributed by atoms with E-state index in [-0.39, 0.29) is 5.44 Å². The molecular formula is C19H35NO3S2. The Balaban J connectivity index is 3.39. The van der Waals surface area contributed by atoms with Crippen LogP contribution in [-0.4, -0.2) is 37.0 Å². The molecule has 0 rings (SSSR count). The van der Waals surface area contributed by atoms with Crippen molar-refractivity contribution in [3.63, 3.8) is 0 Å². The predicted molar refractivity (Wildman–Crippen MR) is 111 cm³/mol. The molecule has 0 heterocycles. The molecule has 0 radical (unpaired) electrons. The number of nitrogens with one attached hydrogen (secondary N) is 1. The Bertz CT molecular complexity index is 392. The number of rotatable bonds is 13. The van der Waals surface area contributed by atoms with Crippen LogP contribution in [0.5, 0.6) is 0 Å². The van der Waals surface area contributed by atoms with E-state index in [4.69, 9.17) is 9.47 Å². The number of carbonyl (C=O) groups is 1. The smallest absolute Gasteiger partial charge is 0.407 e. The first-order valence-corrected chi connectivity index (χ1v) is 11.6. The lowest BCUT2D eigenvalue weighted by Gasteiger charge is -2.12. The summed E-state index contributed by atoms with van der Waals surface area (Å²) in [6.07, 6.45) is 3.86. The number of carbonyl (C=O) groups excluding carboxylic acids is 1. The van der Waals surface area contributed by atoms with E-state index in [1.54, 1.807) is 10.8 Å². The standard InChI is InChI=1S/C19H35NO3S2/c1-16(2)10-8-12-20-19(21)23-14-7-6-13-22-18(5)25-24-15-9-11-17(3)4/h16-18H,6-7,9,11-15H2,1-5H3,(H,20,21)/t18-/m1/s1. The Morgan fingerprint density at radius 3 is 2.48 bits per heavy atom. The number of unbranched alkanes of at least 4 members (excludes halogenated alkanes) is 1.